The maximum Gasteiger partial charge on any atom is 0.138 e. The van der Waals surface area contributed by atoms with Crippen molar-refractivity contribution in [2.75, 3.05) is 11.9 Å². The van der Waals surface area contributed by atoms with Crippen molar-refractivity contribution < 1.29 is 4.74 Å². The Morgan fingerprint density at radius 2 is 1.86 bits per heavy atom. The van der Waals surface area contributed by atoms with E-state index < -0.39 is 0 Å². The number of ether oxygens (including phenoxy) is 1. The zero-order chi connectivity index (χ0) is 16.1. The molecular formula is C18H21Br2NO. The average molecular weight is 427 g/mol. The van der Waals surface area contributed by atoms with Gasteiger partial charge in [-0.15, -0.1) is 0 Å². The van der Waals surface area contributed by atoms with E-state index >= 15 is 0 Å². The molecule has 0 atom stereocenters. The summed E-state index contributed by atoms with van der Waals surface area (Å²) < 4.78 is 7.92. The highest BCUT2D eigenvalue weighted by Crippen LogP contribution is 2.33. The van der Waals surface area contributed by atoms with Gasteiger partial charge in [0.25, 0.3) is 0 Å². The van der Waals surface area contributed by atoms with Crippen LogP contribution in [0.15, 0.2) is 39.3 Å². The smallest absolute Gasteiger partial charge is 0.138 e. The Hall–Kier alpha value is -1.00. The summed E-state index contributed by atoms with van der Waals surface area (Å²) in [6.07, 6.45) is 0.993. The van der Waals surface area contributed by atoms with Crippen LogP contribution in [0, 0.1) is 13.8 Å². The van der Waals surface area contributed by atoms with Crippen LogP contribution in [0.5, 0.6) is 5.75 Å². The summed E-state index contributed by atoms with van der Waals surface area (Å²) in [5.41, 5.74) is 4.82. The van der Waals surface area contributed by atoms with Crippen LogP contribution in [0.3, 0.4) is 0 Å². The topological polar surface area (TPSA) is 21.3 Å². The lowest BCUT2D eigenvalue weighted by Crippen LogP contribution is -2.06. The van der Waals surface area contributed by atoms with Gasteiger partial charge in [-0.3, -0.25) is 0 Å². The van der Waals surface area contributed by atoms with Gasteiger partial charge in [-0.2, -0.15) is 0 Å². The van der Waals surface area contributed by atoms with Crippen molar-refractivity contribution in [2.24, 2.45) is 0 Å². The third-order valence-electron chi connectivity index (χ3n) is 3.39. The third kappa shape index (κ3) is 4.50. The molecule has 0 amide bonds. The Labute approximate surface area is 149 Å². The summed E-state index contributed by atoms with van der Waals surface area (Å²) in [7, 11) is 0. The maximum atomic E-state index is 5.90. The molecule has 118 valence electrons. The fourth-order valence-corrected chi connectivity index (χ4v) is 3.74. The Bertz CT molecular complexity index is 656. The van der Waals surface area contributed by atoms with Crippen LogP contribution in [0.25, 0.3) is 0 Å². The average Bonchev–Trinajstić information content (AvgIpc) is 2.45. The maximum absolute atomic E-state index is 5.90. The highest BCUT2D eigenvalue weighted by molar-refractivity contribution is 9.11. The van der Waals surface area contributed by atoms with Gasteiger partial charge in [0.05, 0.1) is 11.1 Å². The van der Waals surface area contributed by atoms with Gasteiger partial charge in [0.15, 0.2) is 0 Å². The number of benzene rings is 2. The first-order chi connectivity index (χ1) is 10.5. The van der Waals surface area contributed by atoms with Crippen molar-refractivity contribution in [1.29, 1.82) is 0 Å². The molecule has 4 heteroatoms. The van der Waals surface area contributed by atoms with Crippen LogP contribution < -0.4 is 10.1 Å². The minimum Gasteiger partial charge on any atom is -0.492 e. The Kier molecular flexibility index (Phi) is 6.33. The Morgan fingerprint density at radius 1 is 1.09 bits per heavy atom. The molecule has 0 unspecified atom stereocenters. The lowest BCUT2D eigenvalue weighted by Gasteiger charge is -2.16. The van der Waals surface area contributed by atoms with Crippen LogP contribution in [0.2, 0.25) is 0 Å². The fraction of sp³-hybridized carbons (Fsp3) is 0.333. The van der Waals surface area contributed by atoms with Gasteiger partial charge in [-0.05, 0) is 60.0 Å². The fourth-order valence-electron chi connectivity index (χ4n) is 2.31. The first-order valence-corrected chi connectivity index (χ1v) is 9.01. The molecule has 0 saturated carbocycles. The van der Waals surface area contributed by atoms with E-state index in [-0.39, 0.29) is 0 Å². The molecule has 2 rings (SSSR count). The molecule has 0 spiro atoms. The van der Waals surface area contributed by atoms with Crippen LogP contribution in [0.4, 0.5) is 5.69 Å². The zero-order valence-corrected chi connectivity index (χ0v) is 16.3. The molecule has 2 aromatic carbocycles. The zero-order valence-electron chi connectivity index (χ0n) is 13.2. The molecule has 1 N–H and O–H groups in total. The number of rotatable bonds is 6. The van der Waals surface area contributed by atoms with Crippen molar-refractivity contribution in [1.82, 2.24) is 0 Å². The number of aryl methyl sites for hydroxylation is 2. The van der Waals surface area contributed by atoms with Gasteiger partial charge in [0.1, 0.15) is 5.75 Å². The lowest BCUT2D eigenvalue weighted by molar-refractivity contribution is 0.312. The normalized spacial score (nSPS) is 10.6. The molecule has 0 aliphatic carbocycles. The molecule has 0 aromatic heterocycles. The third-order valence-corrected chi connectivity index (χ3v) is 4.43. The van der Waals surface area contributed by atoms with Crippen LogP contribution in [0.1, 0.15) is 30.0 Å². The molecular weight excluding hydrogens is 406 g/mol. The van der Waals surface area contributed by atoms with E-state index in [0.717, 1.165) is 45.5 Å². The van der Waals surface area contributed by atoms with E-state index in [2.05, 4.69) is 82.2 Å². The van der Waals surface area contributed by atoms with Gasteiger partial charge in [0.2, 0.25) is 0 Å². The summed E-state index contributed by atoms with van der Waals surface area (Å²) in [5, 5.41) is 3.51. The monoisotopic (exact) mass is 425 g/mol. The molecule has 0 heterocycles. The first-order valence-electron chi connectivity index (χ1n) is 7.43. The standard InChI is InChI=1S/C18H21Br2NO/c1-4-7-22-18-14(9-15(19)10-16(18)20)11-21-17-6-5-12(2)8-13(17)3/h5-6,8-10,21H,4,7,11H2,1-3H3. The number of nitrogens with one attached hydrogen (secondary N) is 1. The van der Waals surface area contributed by atoms with Crippen molar-refractivity contribution in [3.05, 3.63) is 56.0 Å². The summed E-state index contributed by atoms with van der Waals surface area (Å²) in [5.74, 6) is 0.919. The summed E-state index contributed by atoms with van der Waals surface area (Å²) in [4.78, 5) is 0. The largest absolute Gasteiger partial charge is 0.492 e. The Balaban J connectivity index is 2.20. The molecule has 2 aromatic rings. The first kappa shape index (κ1) is 17.4. The van der Waals surface area contributed by atoms with Gasteiger partial charge in [-0.1, -0.05) is 40.5 Å². The lowest BCUT2D eigenvalue weighted by atomic mass is 10.1. The second kappa shape index (κ2) is 8.02. The van der Waals surface area contributed by atoms with Gasteiger partial charge in [0, 0.05) is 22.3 Å². The van der Waals surface area contributed by atoms with E-state index in [1.54, 1.807) is 0 Å². The number of halogens is 2. The van der Waals surface area contributed by atoms with Crippen molar-refractivity contribution in [3.63, 3.8) is 0 Å². The van der Waals surface area contributed by atoms with E-state index in [1.165, 1.54) is 11.1 Å². The Morgan fingerprint density at radius 3 is 2.55 bits per heavy atom. The number of anilines is 1. The second-order valence-corrected chi connectivity index (χ2v) is 7.17. The van der Waals surface area contributed by atoms with Crippen LogP contribution in [-0.2, 0) is 6.54 Å². The highest BCUT2D eigenvalue weighted by Gasteiger charge is 2.10. The molecule has 22 heavy (non-hydrogen) atoms. The summed E-state index contributed by atoms with van der Waals surface area (Å²) in [6.45, 7) is 7.79. The minimum atomic E-state index is 0.719. The number of hydrogen-bond donors (Lipinski definition) is 1. The minimum absolute atomic E-state index is 0.719. The molecule has 0 aliphatic rings. The molecule has 0 bridgehead atoms. The van der Waals surface area contributed by atoms with E-state index in [0.29, 0.717) is 0 Å². The van der Waals surface area contributed by atoms with Crippen molar-refractivity contribution in [3.8, 4) is 5.75 Å². The number of hydrogen-bond acceptors (Lipinski definition) is 2. The quantitative estimate of drug-likeness (QED) is 0.591. The predicted molar refractivity (Wildman–Crippen MR) is 101 cm³/mol. The van der Waals surface area contributed by atoms with E-state index in [9.17, 15) is 0 Å². The molecule has 2 nitrogen and oxygen atoms in total. The SMILES string of the molecule is CCCOc1c(Br)cc(Br)cc1CNc1ccc(C)cc1C. The van der Waals surface area contributed by atoms with Gasteiger partial charge in [-0.25, -0.2) is 0 Å². The summed E-state index contributed by atoms with van der Waals surface area (Å²) >= 11 is 7.15. The summed E-state index contributed by atoms with van der Waals surface area (Å²) in [6, 6.07) is 10.6. The predicted octanol–water partition coefficient (Wildman–Crippen LogP) is 6.23. The van der Waals surface area contributed by atoms with E-state index in [1.807, 2.05) is 6.07 Å². The molecule has 0 fully saturated rings. The van der Waals surface area contributed by atoms with Crippen molar-refractivity contribution >= 4 is 37.5 Å². The van der Waals surface area contributed by atoms with Gasteiger partial charge >= 0.3 is 0 Å². The molecule has 0 saturated heterocycles. The van der Waals surface area contributed by atoms with Crippen LogP contribution >= 0.6 is 31.9 Å². The van der Waals surface area contributed by atoms with Crippen LogP contribution in [-0.4, -0.2) is 6.61 Å². The van der Waals surface area contributed by atoms with E-state index in [4.69, 9.17) is 4.74 Å². The van der Waals surface area contributed by atoms with Gasteiger partial charge < -0.3 is 10.1 Å². The van der Waals surface area contributed by atoms with Crippen molar-refractivity contribution in [2.45, 2.75) is 33.7 Å². The molecule has 0 radical (unpaired) electrons. The molecule has 0 aliphatic heterocycles. The highest BCUT2D eigenvalue weighted by atomic mass is 79.9. The second-order valence-electron chi connectivity index (χ2n) is 5.40.